The first-order chi connectivity index (χ1) is 13.8. The van der Waals surface area contributed by atoms with E-state index in [0.717, 1.165) is 27.5 Å². The Balaban J connectivity index is 2.11. The van der Waals surface area contributed by atoms with Crippen molar-refractivity contribution in [3.8, 4) is 5.75 Å². The lowest BCUT2D eigenvalue weighted by Crippen LogP contribution is -3.08. The van der Waals surface area contributed by atoms with Crippen LogP contribution < -0.4 is 15.0 Å². The van der Waals surface area contributed by atoms with Gasteiger partial charge in [0.2, 0.25) is 0 Å². The van der Waals surface area contributed by atoms with E-state index < -0.39 is 5.97 Å². The Kier molecular flexibility index (Phi) is 7.92. The standard InChI is InChI=1S/C21H26N2O5S/c1-6-28-21(26)18-13(2)19(14(3)24)29-20(18)22-17(25)12-23(4)11-15-8-7-9-16(10-15)27-5/h7-10H,6,11-12H2,1-5H3,(H,22,25)/p+1. The number of anilines is 1. The largest absolute Gasteiger partial charge is 0.497 e. The van der Waals surface area contributed by atoms with Gasteiger partial charge in [0.15, 0.2) is 12.3 Å². The van der Waals surface area contributed by atoms with E-state index in [1.54, 1.807) is 21.0 Å². The maximum atomic E-state index is 12.6. The number of ketones is 1. The molecular weight excluding hydrogens is 392 g/mol. The van der Waals surface area contributed by atoms with Crippen LogP contribution in [0.1, 0.15) is 45.0 Å². The molecule has 2 N–H and O–H groups in total. The average Bonchev–Trinajstić information content (AvgIpc) is 2.97. The lowest BCUT2D eigenvalue weighted by Gasteiger charge is -2.14. The van der Waals surface area contributed by atoms with Crippen molar-refractivity contribution >= 4 is 34.0 Å². The Morgan fingerprint density at radius 3 is 2.59 bits per heavy atom. The van der Waals surface area contributed by atoms with Gasteiger partial charge in [0.25, 0.3) is 5.91 Å². The topological polar surface area (TPSA) is 86.1 Å². The molecule has 1 heterocycles. The summed E-state index contributed by atoms with van der Waals surface area (Å²) < 4.78 is 10.3. The van der Waals surface area contributed by atoms with Gasteiger partial charge in [-0.25, -0.2) is 4.79 Å². The second kappa shape index (κ2) is 10.2. The molecule has 2 rings (SSSR count). The third-order valence-corrected chi connectivity index (χ3v) is 5.61. The van der Waals surface area contributed by atoms with Gasteiger partial charge in [0.1, 0.15) is 17.3 Å². The zero-order valence-electron chi connectivity index (χ0n) is 17.4. The van der Waals surface area contributed by atoms with E-state index in [9.17, 15) is 14.4 Å². The molecule has 2 aromatic rings. The minimum Gasteiger partial charge on any atom is -0.497 e. The highest BCUT2D eigenvalue weighted by Gasteiger charge is 2.25. The van der Waals surface area contributed by atoms with E-state index >= 15 is 0 Å². The van der Waals surface area contributed by atoms with Gasteiger partial charge in [-0.2, -0.15) is 0 Å². The molecule has 0 fully saturated rings. The number of carbonyl (C=O) groups excluding carboxylic acids is 3. The number of likely N-dealkylation sites (N-methyl/N-ethyl adjacent to an activating group) is 1. The Morgan fingerprint density at radius 2 is 1.97 bits per heavy atom. The average molecular weight is 420 g/mol. The van der Waals surface area contributed by atoms with Gasteiger partial charge < -0.3 is 19.7 Å². The molecule has 0 aliphatic heterocycles. The van der Waals surface area contributed by atoms with Crippen LogP contribution in [0, 0.1) is 6.92 Å². The number of ether oxygens (including phenoxy) is 2. The summed E-state index contributed by atoms with van der Waals surface area (Å²) in [6.45, 7) is 5.88. The minimum absolute atomic E-state index is 0.153. The maximum Gasteiger partial charge on any atom is 0.341 e. The van der Waals surface area contributed by atoms with Crippen molar-refractivity contribution in [2.24, 2.45) is 0 Å². The van der Waals surface area contributed by atoms with Crippen LogP contribution in [0.4, 0.5) is 5.00 Å². The summed E-state index contributed by atoms with van der Waals surface area (Å²) in [6, 6.07) is 7.69. The van der Waals surface area contributed by atoms with Crippen molar-refractivity contribution in [3.05, 3.63) is 45.8 Å². The zero-order valence-corrected chi connectivity index (χ0v) is 18.2. The summed E-state index contributed by atoms with van der Waals surface area (Å²) in [7, 11) is 3.52. The van der Waals surface area contributed by atoms with Gasteiger partial charge in [0.05, 0.1) is 31.2 Å². The van der Waals surface area contributed by atoms with Crippen molar-refractivity contribution in [1.29, 1.82) is 0 Å². The van der Waals surface area contributed by atoms with Crippen molar-refractivity contribution in [2.75, 3.05) is 32.6 Å². The van der Waals surface area contributed by atoms with Crippen LogP contribution in [0.3, 0.4) is 0 Å². The lowest BCUT2D eigenvalue weighted by molar-refractivity contribution is -0.885. The summed E-state index contributed by atoms with van der Waals surface area (Å²) in [5.41, 5.74) is 1.84. The van der Waals surface area contributed by atoms with E-state index in [-0.39, 0.29) is 30.4 Å². The minimum atomic E-state index is -0.541. The number of esters is 1. The molecule has 1 atom stereocenters. The number of quaternary nitrogens is 1. The zero-order chi connectivity index (χ0) is 21.6. The third-order valence-electron chi connectivity index (χ3n) is 4.30. The molecule has 0 spiro atoms. The highest BCUT2D eigenvalue weighted by molar-refractivity contribution is 7.18. The van der Waals surface area contributed by atoms with Gasteiger partial charge in [-0.05, 0) is 38.5 Å². The molecule has 7 nitrogen and oxygen atoms in total. The van der Waals surface area contributed by atoms with Crippen LogP contribution in [0.25, 0.3) is 0 Å². The Hall–Kier alpha value is -2.71. The Morgan fingerprint density at radius 1 is 1.24 bits per heavy atom. The fourth-order valence-corrected chi connectivity index (χ4v) is 4.13. The second-order valence-electron chi connectivity index (χ2n) is 6.75. The second-order valence-corrected chi connectivity index (χ2v) is 7.77. The molecule has 156 valence electrons. The molecule has 29 heavy (non-hydrogen) atoms. The summed E-state index contributed by atoms with van der Waals surface area (Å²) in [5.74, 6) is -0.169. The molecule has 0 bridgehead atoms. The molecule has 0 radical (unpaired) electrons. The lowest BCUT2D eigenvalue weighted by atomic mass is 10.1. The normalized spacial score (nSPS) is 11.6. The summed E-state index contributed by atoms with van der Waals surface area (Å²) in [4.78, 5) is 38.2. The SMILES string of the molecule is CCOC(=O)c1c(NC(=O)C[NH+](C)Cc2cccc(OC)c2)sc(C(C)=O)c1C. The molecule has 1 unspecified atom stereocenters. The highest BCUT2D eigenvalue weighted by atomic mass is 32.1. The quantitative estimate of drug-likeness (QED) is 0.480. The third kappa shape index (κ3) is 5.88. The van der Waals surface area contributed by atoms with E-state index in [1.807, 2.05) is 31.3 Å². The first-order valence-corrected chi connectivity index (χ1v) is 10.1. The summed E-state index contributed by atoms with van der Waals surface area (Å²) >= 11 is 1.10. The van der Waals surface area contributed by atoms with Crippen LogP contribution in [0.2, 0.25) is 0 Å². The van der Waals surface area contributed by atoms with Crippen molar-refractivity contribution in [1.82, 2.24) is 0 Å². The summed E-state index contributed by atoms with van der Waals surface area (Å²) in [6.07, 6.45) is 0. The highest BCUT2D eigenvalue weighted by Crippen LogP contribution is 2.34. The van der Waals surface area contributed by atoms with Gasteiger partial charge >= 0.3 is 5.97 Å². The number of methoxy groups -OCH3 is 1. The van der Waals surface area contributed by atoms with Crippen LogP contribution in [0.5, 0.6) is 5.75 Å². The molecule has 0 saturated heterocycles. The van der Waals surface area contributed by atoms with E-state index in [2.05, 4.69) is 5.32 Å². The maximum absolute atomic E-state index is 12.6. The molecule has 0 aliphatic rings. The molecule has 1 amide bonds. The van der Waals surface area contributed by atoms with Crippen LogP contribution in [-0.4, -0.2) is 45.0 Å². The Bertz CT molecular complexity index is 906. The number of hydrogen-bond donors (Lipinski definition) is 2. The number of amides is 1. The monoisotopic (exact) mass is 419 g/mol. The van der Waals surface area contributed by atoms with Crippen molar-refractivity contribution < 1.29 is 28.8 Å². The van der Waals surface area contributed by atoms with Crippen LogP contribution in [0.15, 0.2) is 24.3 Å². The molecule has 8 heteroatoms. The number of carbonyl (C=O) groups is 3. The first kappa shape index (κ1) is 22.6. The predicted molar refractivity (Wildman–Crippen MR) is 112 cm³/mol. The molecule has 0 aliphatic carbocycles. The number of Topliss-reactive ketones (excluding diaryl/α,β-unsaturated/α-hetero) is 1. The van der Waals surface area contributed by atoms with E-state index in [4.69, 9.17) is 9.47 Å². The molecule has 1 aromatic carbocycles. The number of benzene rings is 1. The van der Waals surface area contributed by atoms with Gasteiger partial charge in [0, 0.05) is 5.56 Å². The van der Waals surface area contributed by atoms with Gasteiger partial charge in [-0.15, -0.1) is 11.3 Å². The first-order valence-electron chi connectivity index (χ1n) is 9.32. The summed E-state index contributed by atoms with van der Waals surface area (Å²) in [5, 5.41) is 3.14. The van der Waals surface area contributed by atoms with E-state index in [0.29, 0.717) is 22.0 Å². The predicted octanol–water partition coefficient (Wildman–Crippen LogP) is 2.10. The fourth-order valence-electron chi connectivity index (χ4n) is 3.02. The number of nitrogens with one attached hydrogen (secondary N) is 2. The smallest absolute Gasteiger partial charge is 0.341 e. The number of rotatable bonds is 9. The van der Waals surface area contributed by atoms with Crippen molar-refractivity contribution in [3.63, 3.8) is 0 Å². The fraction of sp³-hybridized carbons (Fsp3) is 0.381. The van der Waals surface area contributed by atoms with Crippen LogP contribution in [-0.2, 0) is 16.1 Å². The van der Waals surface area contributed by atoms with Gasteiger partial charge in [-0.3, -0.25) is 9.59 Å². The Labute approximate surface area is 174 Å². The number of thiophene rings is 1. The molecule has 1 aromatic heterocycles. The van der Waals surface area contributed by atoms with Gasteiger partial charge in [-0.1, -0.05) is 12.1 Å². The van der Waals surface area contributed by atoms with E-state index in [1.165, 1.54) is 6.92 Å². The van der Waals surface area contributed by atoms with Crippen LogP contribution >= 0.6 is 11.3 Å². The molecule has 0 saturated carbocycles. The molecular formula is C21H27N2O5S+. The number of hydrogen-bond acceptors (Lipinski definition) is 6. The van der Waals surface area contributed by atoms with Crippen molar-refractivity contribution in [2.45, 2.75) is 27.3 Å².